The van der Waals surface area contributed by atoms with Crippen LogP contribution in [0.15, 0.2) is 109 Å². The Morgan fingerprint density at radius 1 is 0.532 bits per heavy atom. The van der Waals surface area contributed by atoms with Crippen molar-refractivity contribution in [2.45, 2.75) is 192 Å². The van der Waals surface area contributed by atoms with E-state index in [0.29, 0.717) is 6.61 Å². The Kier molecular flexibility index (Phi) is 39.5. The lowest BCUT2D eigenvalue weighted by atomic mass is 9.99. The number of aliphatic hydroxyl groups excluding tert-OH is 4. The van der Waals surface area contributed by atoms with Crippen LogP contribution in [0.1, 0.15) is 155 Å². The van der Waals surface area contributed by atoms with E-state index in [2.05, 4.69) is 123 Å². The molecule has 4 N–H and O–H groups in total. The van der Waals surface area contributed by atoms with Crippen LogP contribution in [-0.4, -0.2) is 89.6 Å². The van der Waals surface area contributed by atoms with Gasteiger partial charge in [-0.2, -0.15) is 0 Å². The molecule has 0 aliphatic carbocycles. The molecule has 0 aromatic rings. The summed E-state index contributed by atoms with van der Waals surface area (Å²) in [6, 6.07) is 0. The molecule has 1 aliphatic heterocycles. The summed E-state index contributed by atoms with van der Waals surface area (Å²) in [6.45, 7) is 4.26. The Hall–Kier alpha value is -3.15. The van der Waals surface area contributed by atoms with Gasteiger partial charge in [0.05, 0.1) is 19.8 Å². The molecule has 6 unspecified atom stereocenters. The first-order valence-corrected chi connectivity index (χ1v) is 24.0. The number of esters is 1. The monoisotopic (exact) mass is 867 g/mol. The van der Waals surface area contributed by atoms with Crippen LogP contribution in [0.25, 0.3) is 0 Å². The molecule has 0 bridgehead atoms. The van der Waals surface area contributed by atoms with Gasteiger partial charge in [-0.25, -0.2) is 0 Å². The molecule has 9 nitrogen and oxygen atoms in total. The summed E-state index contributed by atoms with van der Waals surface area (Å²) in [5.74, 6) is -0.348. The third-order valence-electron chi connectivity index (χ3n) is 10.2. The van der Waals surface area contributed by atoms with Gasteiger partial charge in [-0.05, 0) is 103 Å². The summed E-state index contributed by atoms with van der Waals surface area (Å²) < 4.78 is 22.8. The summed E-state index contributed by atoms with van der Waals surface area (Å²) in [5.41, 5.74) is 0. The van der Waals surface area contributed by atoms with E-state index in [1.165, 1.54) is 25.7 Å². The third-order valence-corrected chi connectivity index (χ3v) is 10.2. The second-order valence-corrected chi connectivity index (χ2v) is 15.8. The van der Waals surface area contributed by atoms with Crippen molar-refractivity contribution in [1.82, 2.24) is 0 Å². The normalized spacial score (nSPS) is 20.8. The maximum Gasteiger partial charge on any atom is 0.306 e. The number of carbonyl (C=O) groups is 1. The molecule has 1 fully saturated rings. The van der Waals surface area contributed by atoms with E-state index in [4.69, 9.17) is 18.9 Å². The Labute approximate surface area is 376 Å². The fourth-order valence-corrected chi connectivity index (χ4v) is 6.44. The first-order valence-electron chi connectivity index (χ1n) is 24.0. The lowest BCUT2D eigenvalue weighted by Gasteiger charge is -2.39. The average Bonchev–Trinajstić information content (AvgIpc) is 3.27. The number of hydrogen-bond donors (Lipinski definition) is 4. The van der Waals surface area contributed by atoms with Crippen LogP contribution in [0.2, 0.25) is 0 Å². The third kappa shape index (κ3) is 33.4. The van der Waals surface area contributed by atoms with E-state index in [1.807, 2.05) is 0 Å². The van der Waals surface area contributed by atoms with Crippen molar-refractivity contribution in [3.05, 3.63) is 109 Å². The highest BCUT2D eigenvalue weighted by Crippen LogP contribution is 2.22. The van der Waals surface area contributed by atoms with Crippen LogP contribution in [0, 0.1) is 0 Å². The minimum atomic E-state index is -1.55. The Bertz CT molecular complexity index is 1310. The molecule has 0 aromatic heterocycles. The van der Waals surface area contributed by atoms with Crippen LogP contribution < -0.4 is 0 Å². The number of hydrogen-bond acceptors (Lipinski definition) is 9. The van der Waals surface area contributed by atoms with Gasteiger partial charge in [-0.15, -0.1) is 0 Å². The Morgan fingerprint density at radius 3 is 1.48 bits per heavy atom. The molecule has 1 saturated heterocycles. The van der Waals surface area contributed by atoms with Crippen LogP contribution >= 0.6 is 0 Å². The first-order chi connectivity index (χ1) is 30.4. The van der Waals surface area contributed by atoms with Gasteiger partial charge in [0.25, 0.3) is 0 Å². The molecule has 1 rings (SSSR count). The first kappa shape index (κ1) is 56.9. The Morgan fingerprint density at radius 2 is 0.984 bits per heavy atom. The zero-order valence-electron chi connectivity index (χ0n) is 38.6. The van der Waals surface area contributed by atoms with Gasteiger partial charge in [-0.1, -0.05) is 155 Å². The smallest absolute Gasteiger partial charge is 0.306 e. The second kappa shape index (κ2) is 43.1. The predicted molar refractivity (Wildman–Crippen MR) is 256 cm³/mol. The van der Waals surface area contributed by atoms with Crippen LogP contribution in [-0.2, 0) is 23.7 Å². The average molecular weight is 867 g/mol. The van der Waals surface area contributed by atoms with Crippen LogP contribution in [0.4, 0.5) is 0 Å². The highest BCUT2D eigenvalue weighted by molar-refractivity contribution is 5.69. The molecule has 0 amide bonds. The minimum Gasteiger partial charge on any atom is -0.457 e. The molecule has 1 heterocycles. The van der Waals surface area contributed by atoms with Gasteiger partial charge < -0.3 is 39.4 Å². The quantitative estimate of drug-likeness (QED) is 0.0271. The fraction of sp³-hybridized carbons (Fsp3) is 0.642. The van der Waals surface area contributed by atoms with E-state index in [1.54, 1.807) is 0 Å². The van der Waals surface area contributed by atoms with Crippen molar-refractivity contribution < 1.29 is 44.2 Å². The maximum absolute atomic E-state index is 12.8. The molecule has 9 heteroatoms. The van der Waals surface area contributed by atoms with E-state index in [0.717, 1.165) is 109 Å². The summed E-state index contributed by atoms with van der Waals surface area (Å²) in [5, 5.41) is 40.2. The van der Waals surface area contributed by atoms with Gasteiger partial charge >= 0.3 is 5.97 Å². The lowest BCUT2D eigenvalue weighted by molar-refractivity contribution is -0.305. The maximum atomic E-state index is 12.8. The molecule has 0 radical (unpaired) electrons. The molecule has 0 saturated carbocycles. The summed E-state index contributed by atoms with van der Waals surface area (Å²) in [4.78, 5) is 12.8. The van der Waals surface area contributed by atoms with Crippen LogP contribution in [0.3, 0.4) is 0 Å². The molecular formula is C53H86O9. The summed E-state index contributed by atoms with van der Waals surface area (Å²) in [6.07, 6.45) is 54.0. The zero-order chi connectivity index (χ0) is 45.0. The molecule has 6 atom stereocenters. The molecule has 1 aliphatic rings. The van der Waals surface area contributed by atoms with Crippen molar-refractivity contribution >= 4 is 5.97 Å². The number of ether oxygens (including phenoxy) is 4. The van der Waals surface area contributed by atoms with E-state index < -0.39 is 43.4 Å². The summed E-state index contributed by atoms with van der Waals surface area (Å²) >= 11 is 0. The van der Waals surface area contributed by atoms with Crippen molar-refractivity contribution in [1.29, 1.82) is 0 Å². The number of unbranched alkanes of at least 4 members (excludes halogenated alkanes) is 10. The minimum absolute atomic E-state index is 0.101. The predicted octanol–water partition coefficient (Wildman–Crippen LogP) is 11.4. The van der Waals surface area contributed by atoms with Crippen LogP contribution in [0.5, 0.6) is 0 Å². The molecule has 62 heavy (non-hydrogen) atoms. The van der Waals surface area contributed by atoms with Crippen molar-refractivity contribution in [3.63, 3.8) is 0 Å². The van der Waals surface area contributed by atoms with Crippen molar-refractivity contribution in [3.8, 4) is 0 Å². The zero-order valence-corrected chi connectivity index (χ0v) is 38.6. The number of rotatable bonds is 39. The topological polar surface area (TPSA) is 135 Å². The number of aliphatic hydroxyl groups is 4. The fourth-order valence-electron chi connectivity index (χ4n) is 6.44. The highest BCUT2D eigenvalue weighted by atomic mass is 16.7. The second-order valence-electron chi connectivity index (χ2n) is 15.8. The van der Waals surface area contributed by atoms with Gasteiger partial charge in [0.1, 0.15) is 30.5 Å². The van der Waals surface area contributed by atoms with Gasteiger partial charge in [0.2, 0.25) is 0 Å². The number of carbonyl (C=O) groups excluding carboxylic acids is 1. The largest absolute Gasteiger partial charge is 0.457 e. The van der Waals surface area contributed by atoms with E-state index in [9.17, 15) is 25.2 Å². The molecule has 0 aromatic carbocycles. The SMILES string of the molecule is CC/C=C\C/C=C\C/C=C\C/C=C\C/C=C\C/C=C\C/C=C\CCCCOCC(COC1OC(CO)C(O)C(O)C1O)OC(=O)CCCCCCC/C=C\C/C=C\CCCCC. The van der Waals surface area contributed by atoms with Gasteiger partial charge in [0.15, 0.2) is 6.29 Å². The molecular weight excluding hydrogens is 781 g/mol. The van der Waals surface area contributed by atoms with Gasteiger partial charge in [0, 0.05) is 13.0 Å². The highest BCUT2D eigenvalue weighted by Gasteiger charge is 2.44. The summed E-state index contributed by atoms with van der Waals surface area (Å²) in [7, 11) is 0. The van der Waals surface area contributed by atoms with Crippen molar-refractivity contribution in [2.24, 2.45) is 0 Å². The van der Waals surface area contributed by atoms with E-state index >= 15 is 0 Å². The van der Waals surface area contributed by atoms with Crippen molar-refractivity contribution in [2.75, 3.05) is 26.4 Å². The standard InChI is InChI=1S/C53H86O9/c1-3-5-7-9-11-13-15-17-19-20-21-22-23-24-25-26-27-29-31-33-35-37-39-41-43-59-45-47(46-60-53-52(58)51(57)50(56)48(44-54)62-53)61-49(55)42-40-38-36-34-32-30-28-18-16-14-12-10-8-6-4-2/h5,7,11-14,17-19,21-22,24-25,27-29,33,35,47-48,50-54,56-58H,3-4,6,8-10,15-16,20,23,26,30-32,34,36-46H2,1-2H3/b7-5-,13-11-,14-12-,19-17-,22-21-,25-24-,28-18-,29-27-,35-33-. The molecule has 0 spiro atoms. The number of allylic oxidation sites excluding steroid dienone is 18. The van der Waals surface area contributed by atoms with Gasteiger partial charge in [-0.3, -0.25) is 4.79 Å². The Balaban J connectivity index is 2.30. The molecule has 352 valence electrons. The lowest BCUT2D eigenvalue weighted by Crippen LogP contribution is -2.59. The van der Waals surface area contributed by atoms with E-state index in [-0.39, 0.29) is 25.6 Å².